The van der Waals surface area contributed by atoms with Gasteiger partial charge in [0.05, 0.1) is 22.4 Å². The summed E-state index contributed by atoms with van der Waals surface area (Å²) in [5, 5.41) is 4.41. The maximum Gasteiger partial charge on any atom is 0.0889 e. The van der Waals surface area contributed by atoms with Gasteiger partial charge < -0.3 is 0 Å². The molecule has 1 aromatic carbocycles. The topological polar surface area (TPSA) is 55.9 Å². The zero-order valence-electron chi connectivity index (χ0n) is 11.8. The molecule has 0 spiro atoms. The number of thioether (sulfide) groups is 1. The number of nitrogens with two attached hydrogens (primary N) is 1. The Morgan fingerprint density at radius 3 is 2.45 bits per heavy atom. The van der Waals surface area contributed by atoms with Gasteiger partial charge in [-0.25, -0.2) is 5.43 Å². The molecular weight excluding hydrogens is 336 g/mol. The largest absolute Gasteiger partial charge is 0.271 e. The fraction of sp³-hybridized carbons (Fsp3) is 0.357. The average molecular weight is 355 g/mol. The number of aromatic nitrogens is 2. The van der Waals surface area contributed by atoms with Crippen LogP contribution < -0.4 is 11.3 Å². The molecule has 2 rings (SSSR count). The van der Waals surface area contributed by atoms with Crippen LogP contribution in [0.5, 0.6) is 0 Å². The molecule has 108 valence electrons. The normalized spacial score (nSPS) is 12.9. The second-order valence-corrected chi connectivity index (χ2v) is 6.52. The molecule has 0 radical (unpaired) electrons. The van der Waals surface area contributed by atoms with Crippen molar-refractivity contribution in [3.8, 4) is 0 Å². The van der Waals surface area contributed by atoms with Crippen molar-refractivity contribution in [1.29, 1.82) is 0 Å². The molecule has 4 nitrogen and oxygen atoms in total. The third-order valence-corrected chi connectivity index (χ3v) is 4.52. The average Bonchev–Trinajstić information content (AvgIpc) is 2.83. The van der Waals surface area contributed by atoms with Gasteiger partial charge in [-0.1, -0.05) is 12.1 Å². The van der Waals surface area contributed by atoms with E-state index >= 15 is 0 Å². The maximum absolute atomic E-state index is 5.79. The Hall–Kier alpha value is -0.820. The van der Waals surface area contributed by atoms with Gasteiger partial charge in [-0.2, -0.15) is 5.10 Å². The lowest BCUT2D eigenvalue weighted by Gasteiger charge is -2.21. The lowest BCUT2D eigenvalue weighted by atomic mass is 10.0. The summed E-state index contributed by atoms with van der Waals surface area (Å²) >= 11 is 5.30. The van der Waals surface area contributed by atoms with Gasteiger partial charge in [0.15, 0.2) is 0 Å². The molecule has 0 aliphatic rings. The van der Waals surface area contributed by atoms with Crippen LogP contribution in [0, 0.1) is 0 Å². The highest BCUT2D eigenvalue weighted by Crippen LogP contribution is 2.30. The first kappa shape index (κ1) is 15.6. The minimum atomic E-state index is -0.0924. The van der Waals surface area contributed by atoms with Crippen molar-refractivity contribution in [3.05, 3.63) is 46.2 Å². The summed E-state index contributed by atoms with van der Waals surface area (Å²) in [7, 11) is 0. The molecule has 20 heavy (non-hydrogen) atoms. The molecule has 1 aromatic heterocycles. The second kappa shape index (κ2) is 6.76. The highest BCUT2D eigenvalue weighted by Gasteiger charge is 2.22. The minimum absolute atomic E-state index is 0.0924. The van der Waals surface area contributed by atoms with Crippen LogP contribution >= 0.6 is 27.7 Å². The minimum Gasteiger partial charge on any atom is -0.271 e. The van der Waals surface area contributed by atoms with E-state index < -0.39 is 0 Å². The van der Waals surface area contributed by atoms with Crippen LogP contribution in [-0.4, -0.2) is 16.0 Å². The summed E-state index contributed by atoms with van der Waals surface area (Å²) < 4.78 is 2.94. The van der Waals surface area contributed by atoms with Gasteiger partial charge in [-0.15, -0.1) is 11.8 Å². The van der Waals surface area contributed by atoms with Crippen LogP contribution in [0.15, 0.2) is 39.8 Å². The maximum atomic E-state index is 5.79. The van der Waals surface area contributed by atoms with Crippen LogP contribution in [0.1, 0.15) is 37.2 Å². The van der Waals surface area contributed by atoms with E-state index in [1.54, 1.807) is 11.8 Å². The molecule has 1 atom stereocenters. The predicted molar refractivity (Wildman–Crippen MR) is 87.7 cm³/mol. The predicted octanol–water partition coefficient (Wildman–Crippen LogP) is 3.50. The van der Waals surface area contributed by atoms with Crippen molar-refractivity contribution < 1.29 is 0 Å². The monoisotopic (exact) mass is 354 g/mol. The van der Waals surface area contributed by atoms with E-state index in [4.69, 9.17) is 5.84 Å². The van der Waals surface area contributed by atoms with Crippen molar-refractivity contribution in [2.24, 2.45) is 5.84 Å². The number of hydrogen-bond acceptors (Lipinski definition) is 4. The Labute approximate surface area is 132 Å². The SMILES string of the molecule is CSc1ccc(C(NN)c2c(Br)cnn2C(C)C)cc1. The Balaban J connectivity index is 2.43. The van der Waals surface area contributed by atoms with Gasteiger partial charge in [0, 0.05) is 10.9 Å². The summed E-state index contributed by atoms with van der Waals surface area (Å²) in [5.74, 6) is 5.79. The number of hydrazine groups is 1. The molecule has 0 aliphatic heterocycles. The van der Waals surface area contributed by atoms with Crippen molar-refractivity contribution in [3.63, 3.8) is 0 Å². The number of nitrogens with one attached hydrogen (secondary N) is 1. The zero-order chi connectivity index (χ0) is 14.7. The third kappa shape index (κ3) is 3.09. The Morgan fingerprint density at radius 2 is 1.95 bits per heavy atom. The summed E-state index contributed by atoms with van der Waals surface area (Å²) in [6, 6.07) is 8.59. The van der Waals surface area contributed by atoms with Crippen LogP contribution in [0.25, 0.3) is 0 Å². The van der Waals surface area contributed by atoms with Gasteiger partial charge in [0.1, 0.15) is 0 Å². The van der Waals surface area contributed by atoms with Crippen LogP contribution in [0.2, 0.25) is 0 Å². The number of rotatable bonds is 5. The van der Waals surface area contributed by atoms with Crippen molar-refractivity contribution >= 4 is 27.7 Å². The van der Waals surface area contributed by atoms with E-state index in [1.165, 1.54) is 4.90 Å². The van der Waals surface area contributed by atoms with E-state index in [2.05, 4.69) is 70.8 Å². The number of halogens is 1. The van der Waals surface area contributed by atoms with Crippen LogP contribution in [-0.2, 0) is 0 Å². The summed E-state index contributed by atoms with van der Waals surface area (Å²) in [5.41, 5.74) is 5.06. The smallest absolute Gasteiger partial charge is 0.0889 e. The Kier molecular flexibility index (Phi) is 5.26. The lowest BCUT2D eigenvalue weighted by Crippen LogP contribution is -2.31. The number of benzene rings is 1. The fourth-order valence-electron chi connectivity index (χ4n) is 2.16. The molecule has 0 saturated carbocycles. The van der Waals surface area contributed by atoms with Gasteiger partial charge in [-0.3, -0.25) is 10.5 Å². The first-order valence-corrected chi connectivity index (χ1v) is 8.43. The molecule has 0 amide bonds. The van der Waals surface area contributed by atoms with E-state index in [0.717, 1.165) is 15.7 Å². The van der Waals surface area contributed by atoms with Crippen LogP contribution in [0.3, 0.4) is 0 Å². The molecule has 3 N–H and O–H groups in total. The van der Waals surface area contributed by atoms with Crippen LogP contribution in [0.4, 0.5) is 0 Å². The number of hydrogen-bond donors (Lipinski definition) is 2. The van der Waals surface area contributed by atoms with E-state index in [0.29, 0.717) is 0 Å². The van der Waals surface area contributed by atoms with E-state index in [-0.39, 0.29) is 12.1 Å². The van der Waals surface area contributed by atoms with E-state index in [9.17, 15) is 0 Å². The molecule has 1 heterocycles. The van der Waals surface area contributed by atoms with E-state index in [1.807, 2.05) is 10.9 Å². The van der Waals surface area contributed by atoms with Gasteiger partial charge >= 0.3 is 0 Å². The molecule has 2 aromatic rings. The highest BCUT2D eigenvalue weighted by molar-refractivity contribution is 9.10. The summed E-state index contributed by atoms with van der Waals surface area (Å²) in [6.07, 6.45) is 3.88. The molecule has 0 bridgehead atoms. The van der Waals surface area contributed by atoms with Crippen molar-refractivity contribution in [2.75, 3.05) is 6.26 Å². The van der Waals surface area contributed by atoms with Gasteiger partial charge in [-0.05, 0) is 53.7 Å². The summed E-state index contributed by atoms with van der Waals surface area (Å²) in [4.78, 5) is 1.24. The molecule has 1 unspecified atom stereocenters. The highest BCUT2D eigenvalue weighted by atomic mass is 79.9. The molecule has 0 aliphatic carbocycles. The number of nitrogens with zero attached hydrogens (tertiary/aromatic N) is 2. The van der Waals surface area contributed by atoms with Gasteiger partial charge in [0.25, 0.3) is 0 Å². The zero-order valence-corrected chi connectivity index (χ0v) is 14.2. The first-order valence-electron chi connectivity index (χ1n) is 6.41. The second-order valence-electron chi connectivity index (χ2n) is 4.79. The quantitative estimate of drug-likeness (QED) is 0.490. The molecule has 0 fully saturated rings. The van der Waals surface area contributed by atoms with Gasteiger partial charge in [0.2, 0.25) is 0 Å². The molecule has 0 saturated heterocycles. The molecular formula is C14H19BrN4S. The van der Waals surface area contributed by atoms with Crippen molar-refractivity contribution in [2.45, 2.75) is 30.8 Å². The summed E-state index contributed by atoms with van der Waals surface area (Å²) in [6.45, 7) is 4.21. The first-order chi connectivity index (χ1) is 9.58. The fourth-order valence-corrected chi connectivity index (χ4v) is 3.07. The Bertz CT molecular complexity index is 565. The Morgan fingerprint density at radius 1 is 1.30 bits per heavy atom. The van der Waals surface area contributed by atoms with Crippen molar-refractivity contribution in [1.82, 2.24) is 15.2 Å². The standard InChI is InChI=1S/C14H19BrN4S/c1-9(2)19-14(12(15)8-17-19)13(18-16)10-4-6-11(20-3)7-5-10/h4-9,13,18H,16H2,1-3H3. The lowest BCUT2D eigenvalue weighted by molar-refractivity contribution is 0.475. The third-order valence-electron chi connectivity index (χ3n) is 3.17. The molecule has 6 heteroatoms.